The molecule has 0 spiro atoms. The van der Waals surface area contributed by atoms with Crippen molar-refractivity contribution >= 4 is 39.5 Å². The first kappa shape index (κ1) is 89.1. The van der Waals surface area contributed by atoms with Gasteiger partial charge in [-0.15, -0.1) is 0 Å². The number of carbonyl (C=O) groups excluding carboxylic acids is 4. The summed E-state index contributed by atoms with van der Waals surface area (Å²) >= 11 is 0. The summed E-state index contributed by atoms with van der Waals surface area (Å²) in [5.41, 5.74) is 0. The summed E-state index contributed by atoms with van der Waals surface area (Å²) in [5.74, 6) is 0.0221. The van der Waals surface area contributed by atoms with E-state index in [1.54, 1.807) is 0 Å². The summed E-state index contributed by atoms with van der Waals surface area (Å²) < 4.78 is 68.3. The first-order valence-corrected chi connectivity index (χ1v) is 40.3. The molecule has 19 heteroatoms. The lowest BCUT2D eigenvalue weighted by Crippen LogP contribution is -2.30. The van der Waals surface area contributed by atoms with Crippen LogP contribution >= 0.6 is 15.6 Å². The van der Waals surface area contributed by atoms with Crippen molar-refractivity contribution in [1.82, 2.24) is 0 Å². The zero-order valence-electron chi connectivity index (χ0n) is 59.3. The van der Waals surface area contributed by atoms with Gasteiger partial charge in [-0.1, -0.05) is 312 Å². The number of esters is 4. The van der Waals surface area contributed by atoms with E-state index in [-0.39, 0.29) is 25.7 Å². The molecular weight excluding hydrogens is 1200 g/mol. The molecule has 0 radical (unpaired) electrons. The Labute approximate surface area is 556 Å². The Balaban J connectivity index is 5.21. The third-order valence-corrected chi connectivity index (χ3v) is 18.5. The summed E-state index contributed by atoms with van der Waals surface area (Å²) in [6, 6.07) is 0. The largest absolute Gasteiger partial charge is 0.472 e. The van der Waals surface area contributed by atoms with Gasteiger partial charge in [0.25, 0.3) is 0 Å². The van der Waals surface area contributed by atoms with Gasteiger partial charge in [0.05, 0.1) is 26.4 Å². The molecule has 0 heterocycles. The van der Waals surface area contributed by atoms with E-state index in [0.29, 0.717) is 37.5 Å². The molecule has 540 valence electrons. The summed E-state index contributed by atoms with van der Waals surface area (Å²) in [5, 5.41) is 10.6. The van der Waals surface area contributed by atoms with Crippen LogP contribution < -0.4 is 0 Å². The molecule has 0 aromatic rings. The number of aliphatic hydroxyl groups excluding tert-OH is 1. The van der Waals surface area contributed by atoms with Crippen molar-refractivity contribution in [1.29, 1.82) is 0 Å². The van der Waals surface area contributed by atoms with Crippen LogP contribution in [-0.4, -0.2) is 96.7 Å². The van der Waals surface area contributed by atoms with Gasteiger partial charge in [0.15, 0.2) is 12.2 Å². The smallest absolute Gasteiger partial charge is 0.462 e. The Morgan fingerprint density at radius 3 is 0.747 bits per heavy atom. The number of carbonyl (C=O) groups is 4. The zero-order chi connectivity index (χ0) is 67.3. The molecule has 0 saturated carbocycles. The van der Waals surface area contributed by atoms with Crippen LogP contribution in [0.5, 0.6) is 0 Å². The third kappa shape index (κ3) is 66.5. The standard InChI is InChI=1S/C72H140O17P2/c1-8-9-10-11-12-13-14-15-17-21-24-27-30-39-46-53-69(74)82-59-67(88-71(76)55-48-41-31-28-25-22-19-16-18-20-23-26-29-36-43-50-63(2)3)61-86-90(78,79)84-57-66(73)58-85-91(80,81)87-62-68(89-72(77)56-49-42-35-33-38-45-52-65(6)7)60-83-70(75)54-47-40-34-32-37-44-51-64(4)5/h63-68,73H,8-62H2,1-7H3,(H,78,79)(H,80,81)/t66-,67-,68-/m1/s1. The maximum atomic E-state index is 13.0. The SMILES string of the molecule is CCCCCCCCCCCCCCCCCC(=O)OC[C@H](COP(=O)(O)OC[C@@H](O)COP(=O)(O)OC[C@@H](COC(=O)CCCCCCCCC(C)C)OC(=O)CCCCCCCCC(C)C)OC(=O)CCCCCCCCCCCCCCCCCC(C)C. The summed E-state index contributed by atoms with van der Waals surface area (Å²) in [7, 11) is -9.90. The second kappa shape index (κ2) is 62.8. The number of unbranched alkanes of at least 4 members (excludes halogenated alkanes) is 38. The van der Waals surface area contributed by atoms with Gasteiger partial charge in [0, 0.05) is 25.7 Å². The second-order valence-electron chi connectivity index (χ2n) is 27.4. The van der Waals surface area contributed by atoms with Gasteiger partial charge in [-0.05, 0) is 43.4 Å². The molecule has 0 rings (SSSR count). The average Bonchev–Trinajstić information content (AvgIpc) is 2.80. The highest BCUT2D eigenvalue weighted by molar-refractivity contribution is 7.47. The normalized spacial score (nSPS) is 14.2. The Bertz CT molecular complexity index is 1780. The molecule has 0 aliphatic heterocycles. The molecule has 3 N–H and O–H groups in total. The Morgan fingerprint density at radius 2 is 0.505 bits per heavy atom. The van der Waals surface area contributed by atoms with E-state index in [0.717, 1.165) is 102 Å². The molecule has 0 amide bonds. The van der Waals surface area contributed by atoms with Crippen molar-refractivity contribution in [2.45, 2.75) is 381 Å². The first-order chi connectivity index (χ1) is 43.7. The van der Waals surface area contributed by atoms with Gasteiger partial charge in [0.2, 0.25) is 0 Å². The average molecular weight is 1340 g/mol. The van der Waals surface area contributed by atoms with Crippen LogP contribution in [0.4, 0.5) is 0 Å². The molecule has 0 fully saturated rings. The van der Waals surface area contributed by atoms with Gasteiger partial charge in [-0.25, -0.2) is 9.13 Å². The van der Waals surface area contributed by atoms with Crippen LogP contribution in [-0.2, 0) is 65.4 Å². The molecule has 91 heavy (non-hydrogen) atoms. The lowest BCUT2D eigenvalue weighted by atomic mass is 10.0. The Kier molecular flexibility index (Phi) is 61.5. The minimum atomic E-state index is -4.95. The molecule has 0 bridgehead atoms. The molecule has 0 aromatic carbocycles. The second-order valence-corrected chi connectivity index (χ2v) is 30.3. The number of hydrogen-bond donors (Lipinski definition) is 3. The van der Waals surface area contributed by atoms with Gasteiger partial charge >= 0.3 is 39.5 Å². The van der Waals surface area contributed by atoms with Gasteiger partial charge < -0.3 is 33.8 Å². The van der Waals surface area contributed by atoms with Crippen molar-refractivity contribution in [3.8, 4) is 0 Å². The maximum absolute atomic E-state index is 13.0. The van der Waals surface area contributed by atoms with Crippen molar-refractivity contribution in [2.75, 3.05) is 39.6 Å². The van der Waals surface area contributed by atoms with Crippen LogP contribution in [0.1, 0.15) is 363 Å². The monoisotopic (exact) mass is 1340 g/mol. The molecule has 5 atom stereocenters. The van der Waals surface area contributed by atoms with Crippen LogP contribution in [0.3, 0.4) is 0 Å². The summed E-state index contributed by atoms with van der Waals surface area (Å²) in [6.45, 7) is 11.7. The van der Waals surface area contributed by atoms with Crippen molar-refractivity contribution in [3.63, 3.8) is 0 Å². The lowest BCUT2D eigenvalue weighted by molar-refractivity contribution is -0.161. The number of phosphoric ester groups is 2. The third-order valence-electron chi connectivity index (χ3n) is 16.6. The lowest BCUT2D eigenvalue weighted by Gasteiger charge is -2.21. The van der Waals surface area contributed by atoms with Crippen molar-refractivity contribution in [2.24, 2.45) is 17.8 Å². The molecule has 17 nitrogen and oxygen atoms in total. The van der Waals surface area contributed by atoms with E-state index in [1.807, 2.05) is 0 Å². The fraction of sp³-hybridized carbons (Fsp3) is 0.944. The molecular formula is C72H140O17P2. The molecule has 0 aliphatic carbocycles. The number of aliphatic hydroxyl groups is 1. The van der Waals surface area contributed by atoms with E-state index in [1.165, 1.54) is 167 Å². The Hall–Kier alpha value is -1.94. The van der Waals surface area contributed by atoms with E-state index in [9.17, 15) is 43.2 Å². The number of phosphoric acid groups is 2. The first-order valence-electron chi connectivity index (χ1n) is 37.3. The van der Waals surface area contributed by atoms with Crippen molar-refractivity contribution in [3.05, 3.63) is 0 Å². The molecule has 0 saturated heterocycles. The molecule has 0 aromatic heterocycles. The fourth-order valence-electron chi connectivity index (χ4n) is 10.9. The quantitative estimate of drug-likeness (QED) is 0.0222. The minimum Gasteiger partial charge on any atom is -0.462 e. The number of hydrogen-bond acceptors (Lipinski definition) is 15. The minimum absolute atomic E-state index is 0.101. The number of rotatable bonds is 70. The van der Waals surface area contributed by atoms with Crippen LogP contribution in [0.2, 0.25) is 0 Å². The van der Waals surface area contributed by atoms with E-state index >= 15 is 0 Å². The van der Waals surface area contributed by atoms with E-state index in [4.69, 9.17) is 37.0 Å². The Morgan fingerprint density at radius 1 is 0.297 bits per heavy atom. The predicted octanol–water partition coefficient (Wildman–Crippen LogP) is 20.6. The molecule has 0 aliphatic rings. The summed E-state index contributed by atoms with van der Waals surface area (Å²) in [6.07, 6.45) is 47.6. The highest BCUT2D eigenvalue weighted by atomic mass is 31.2. The zero-order valence-corrected chi connectivity index (χ0v) is 61.1. The summed E-state index contributed by atoms with van der Waals surface area (Å²) in [4.78, 5) is 72.5. The highest BCUT2D eigenvalue weighted by Crippen LogP contribution is 2.45. The van der Waals surface area contributed by atoms with Crippen molar-refractivity contribution < 1.29 is 80.2 Å². The topological polar surface area (TPSA) is 237 Å². The van der Waals surface area contributed by atoms with Gasteiger partial charge in [0.1, 0.15) is 19.3 Å². The molecule has 2 unspecified atom stereocenters. The maximum Gasteiger partial charge on any atom is 0.472 e. The van der Waals surface area contributed by atoms with Gasteiger partial charge in [-0.3, -0.25) is 37.3 Å². The number of ether oxygens (including phenoxy) is 4. The van der Waals surface area contributed by atoms with Crippen LogP contribution in [0.25, 0.3) is 0 Å². The van der Waals surface area contributed by atoms with Crippen LogP contribution in [0, 0.1) is 17.8 Å². The fourth-order valence-corrected chi connectivity index (χ4v) is 12.5. The predicted molar refractivity (Wildman–Crippen MR) is 368 cm³/mol. The van der Waals surface area contributed by atoms with Gasteiger partial charge in [-0.2, -0.15) is 0 Å². The highest BCUT2D eigenvalue weighted by Gasteiger charge is 2.30. The van der Waals surface area contributed by atoms with E-state index in [2.05, 4.69) is 48.5 Å². The van der Waals surface area contributed by atoms with E-state index < -0.39 is 97.5 Å². The van der Waals surface area contributed by atoms with Crippen LogP contribution in [0.15, 0.2) is 0 Å².